The highest BCUT2D eigenvalue weighted by Crippen LogP contribution is 2.48. The van der Waals surface area contributed by atoms with E-state index in [0.717, 1.165) is 6.33 Å². The van der Waals surface area contributed by atoms with Gasteiger partial charge in [0, 0.05) is 0 Å². The van der Waals surface area contributed by atoms with Gasteiger partial charge in [0.15, 0.2) is 18.0 Å². The zero-order chi connectivity index (χ0) is 40.6. The Kier molecular flexibility index (Phi) is 15.0. The number of aromatic nitrogens is 3. The monoisotopic (exact) mass is 782 g/mol. The number of anilines is 1. The van der Waals surface area contributed by atoms with Crippen molar-refractivity contribution in [1.29, 1.82) is 5.26 Å². The highest BCUT2D eigenvalue weighted by Gasteiger charge is 2.63. The van der Waals surface area contributed by atoms with Crippen molar-refractivity contribution in [2.45, 2.75) is 112 Å². The van der Waals surface area contributed by atoms with Crippen LogP contribution in [-0.4, -0.2) is 89.1 Å². The van der Waals surface area contributed by atoms with Crippen LogP contribution in [0.2, 0.25) is 0 Å². The topological polar surface area (TPSA) is 251 Å². The largest absolute Gasteiger partial charge is 0.510 e. The summed E-state index contributed by atoms with van der Waals surface area (Å²) >= 11 is 0. The second kappa shape index (κ2) is 18.3. The minimum Gasteiger partial charge on any atom is -0.464 e. The van der Waals surface area contributed by atoms with E-state index in [1.807, 2.05) is 20.8 Å². The second-order valence-electron chi connectivity index (χ2n) is 14.3. The van der Waals surface area contributed by atoms with Gasteiger partial charge in [-0.1, -0.05) is 48.5 Å². The summed E-state index contributed by atoms with van der Waals surface area (Å²) in [7, 11) is -4.68. The van der Waals surface area contributed by atoms with Crippen molar-refractivity contribution in [3.05, 3.63) is 24.2 Å². The summed E-state index contributed by atoms with van der Waals surface area (Å²) in [5.74, 6) is -3.61. The van der Waals surface area contributed by atoms with Crippen molar-refractivity contribution in [3.63, 3.8) is 0 Å². The number of esters is 3. The van der Waals surface area contributed by atoms with Gasteiger partial charge in [-0.2, -0.15) is 10.4 Å². The molecule has 0 aromatic carbocycles. The third kappa shape index (κ3) is 10.9. The maximum absolute atomic E-state index is 14.3. The van der Waals surface area contributed by atoms with Crippen LogP contribution < -0.4 is 10.8 Å². The molecule has 300 valence electrons. The van der Waals surface area contributed by atoms with E-state index in [1.165, 1.54) is 23.6 Å². The molecule has 19 nitrogen and oxygen atoms in total. The highest BCUT2D eigenvalue weighted by molar-refractivity contribution is 7.51. The lowest BCUT2D eigenvalue weighted by Crippen LogP contribution is -2.47. The smallest absolute Gasteiger partial charge is 0.464 e. The number of rotatable bonds is 18. The first-order valence-corrected chi connectivity index (χ1v) is 19.0. The number of nitrogens with two attached hydrogens (primary N) is 1. The van der Waals surface area contributed by atoms with E-state index in [4.69, 9.17) is 43.2 Å². The molecular weight excluding hydrogens is 731 g/mol. The number of hydrogen-bond donors (Lipinski definition) is 2. The van der Waals surface area contributed by atoms with Crippen LogP contribution in [0, 0.1) is 28.6 Å². The van der Waals surface area contributed by atoms with E-state index in [9.17, 15) is 29.0 Å². The maximum Gasteiger partial charge on any atom is 0.510 e. The molecule has 0 unspecified atom stereocenters. The maximum atomic E-state index is 14.3. The number of carbonyl (C=O) groups excluding carboxylic acids is 4. The minimum absolute atomic E-state index is 0.0322. The number of nitriles is 1. The first kappa shape index (κ1) is 44.1. The molecular formula is C34H51N6O13P. The van der Waals surface area contributed by atoms with Crippen LogP contribution in [-0.2, 0) is 62.0 Å². The molecule has 3 rings (SSSR count). The van der Waals surface area contributed by atoms with Crippen molar-refractivity contribution in [1.82, 2.24) is 19.7 Å². The molecule has 0 bridgehead atoms. The van der Waals surface area contributed by atoms with E-state index in [2.05, 4.69) is 21.2 Å². The van der Waals surface area contributed by atoms with Crippen LogP contribution in [0.5, 0.6) is 0 Å². The van der Waals surface area contributed by atoms with Crippen molar-refractivity contribution in [2.75, 3.05) is 25.7 Å². The molecule has 1 fully saturated rings. The molecule has 6 atom stereocenters. The van der Waals surface area contributed by atoms with Crippen LogP contribution >= 0.6 is 7.75 Å². The summed E-state index contributed by atoms with van der Waals surface area (Å²) in [6, 6.07) is 3.76. The fourth-order valence-electron chi connectivity index (χ4n) is 4.77. The Labute approximate surface area is 314 Å². The number of ether oxygens (including phenoxy) is 6. The van der Waals surface area contributed by atoms with Crippen molar-refractivity contribution in [2.24, 2.45) is 17.3 Å². The molecule has 54 heavy (non-hydrogen) atoms. The zero-order valence-electron chi connectivity index (χ0n) is 32.2. The Morgan fingerprint density at radius 2 is 1.69 bits per heavy atom. The van der Waals surface area contributed by atoms with Gasteiger partial charge in [0.1, 0.15) is 30.1 Å². The summed E-state index contributed by atoms with van der Waals surface area (Å²) in [6.07, 6.45) is -4.49. The van der Waals surface area contributed by atoms with Crippen LogP contribution in [0.25, 0.3) is 5.52 Å². The average molecular weight is 783 g/mol. The molecule has 2 aromatic rings. The molecule has 0 saturated carbocycles. The normalized spacial score (nSPS) is 21.7. The molecule has 0 radical (unpaired) electrons. The zero-order valence-corrected chi connectivity index (χ0v) is 33.1. The van der Waals surface area contributed by atoms with Gasteiger partial charge in [-0.15, -0.1) is 0 Å². The summed E-state index contributed by atoms with van der Waals surface area (Å²) in [4.78, 5) is 55.2. The molecule has 0 amide bonds. The Hall–Kier alpha value is -4.34. The number of nitrogen functional groups attached to an aromatic ring is 1. The highest BCUT2D eigenvalue weighted by atomic mass is 31.2. The van der Waals surface area contributed by atoms with Gasteiger partial charge >= 0.3 is 31.8 Å². The van der Waals surface area contributed by atoms with E-state index in [0.29, 0.717) is 6.42 Å². The summed E-state index contributed by atoms with van der Waals surface area (Å²) < 4.78 is 59.9. The molecule has 20 heteroatoms. The lowest BCUT2D eigenvalue weighted by molar-refractivity contribution is -0.173. The standard InChI is InChI=1S/C34H51N6O13P/c1-11-33(9,10)16-46-31(43)22(8)39-54(45,49-18-47-32(44)50-21(6)7)48-14-24-26(51-29(41)19(2)3)27(52-30(42)20(4)5)34(15-35,53-24)25-13-12-23-28(36)37-17-38-40(23)25/h12-13,17,19-22,24,26-27H,11,14,16,18H2,1-10H3,(H,39,45)(H2,36,37,38)/t22-,24+,26+,27+,34-,54-/m0/s1. The van der Waals surface area contributed by atoms with Crippen LogP contribution in [0.4, 0.5) is 10.6 Å². The van der Waals surface area contributed by atoms with Crippen molar-refractivity contribution in [3.8, 4) is 6.07 Å². The third-order valence-electron chi connectivity index (χ3n) is 8.28. The molecule has 1 aliphatic rings. The molecule has 0 aliphatic carbocycles. The van der Waals surface area contributed by atoms with Crippen LogP contribution in [0.15, 0.2) is 18.5 Å². The van der Waals surface area contributed by atoms with Crippen LogP contribution in [0.3, 0.4) is 0 Å². The quantitative estimate of drug-likeness (QED) is 0.0931. The van der Waals surface area contributed by atoms with Crippen LogP contribution in [0.1, 0.15) is 81.4 Å². The third-order valence-corrected chi connectivity index (χ3v) is 9.91. The van der Waals surface area contributed by atoms with E-state index < -0.39 is 93.1 Å². The predicted molar refractivity (Wildman–Crippen MR) is 189 cm³/mol. The first-order valence-electron chi connectivity index (χ1n) is 17.4. The molecule has 1 saturated heterocycles. The minimum atomic E-state index is -4.68. The fourth-order valence-corrected chi connectivity index (χ4v) is 6.11. The van der Waals surface area contributed by atoms with E-state index in [1.54, 1.807) is 41.5 Å². The van der Waals surface area contributed by atoms with Gasteiger partial charge in [-0.05, 0) is 44.7 Å². The van der Waals surface area contributed by atoms with Crippen molar-refractivity contribution < 1.29 is 61.2 Å². The fraction of sp³-hybridized carbons (Fsp3) is 0.676. The summed E-state index contributed by atoms with van der Waals surface area (Å²) in [5, 5.41) is 17.5. The summed E-state index contributed by atoms with van der Waals surface area (Å²) in [6.45, 7) is 14.9. The number of hydrogen-bond acceptors (Lipinski definition) is 17. The summed E-state index contributed by atoms with van der Waals surface area (Å²) in [5.41, 5.74) is 3.81. The van der Waals surface area contributed by atoms with E-state index in [-0.39, 0.29) is 29.1 Å². The number of carbonyl (C=O) groups is 4. The number of fused-ring (bicyclic) bond motifs is 1. The molecule has 3 heterocycles. The van der Waals surface area contributed by atoms with Gasteiger partial charge in [0.2, 0.25) is 12.4 Å². The van der Waals surface area contributed by atoms with Gasteiger partial charge < -0.3 is 34.2 Å². The SMILES string of the molecule is CCC(C)(C)COC(=O)[C@H](C)N[P@@](=O)(OCOC(=O)OC(C)C)OC[C@H]1O[C@@](C#N)(c2ccc3c(N)ncnn23)[C@H](OC(=O)C(C)C)[C@@H]1OC(=O)C(C)C. The second-order valence-corrected chi connectivity index (χ2v) is 16.1. The Balaban J connectivity index is 2.05. The number of nitrogens with zero attached hydrogens (tertiary/aromatic N) is 4. The first-order chi connectivity index (χ1) is 25.2. The van der Waals surface area contributed by atoms with Gasteiger partial charge in [0.05, 0.1) is 36.8 Å². The van der Waals surface area contributed by atoms with Gasteiger partial charge in [-0.3, -0.25) is 23.4 Å². The number of nitrogens with one attached hydrogen (secondary N) is 1. The predicted octanol–water partition coefficient (Wildman–Crippen LogP) is 4.18. The lowest BCUT2D eigenvalue weighted by atomic mass is 9.92. The average Bonchev–Trinajstić information content (AvgIpc) is 3.66. The van der Waals surface area contributed by atoms with Gasteiger partial charge in [-0.25, -0.2) is 23.9 Å². The Morgan fingerprint density at radius 1 is 1.04 bits per heavy atom. The molecule has 3 N–H and O–H groups in total. The molecule has 0 spiro atoms. The lowest BCUT2D eigenvalue weighted by Gasteiger charge is -2.29. The van der Waals surface area contributed by atoms with E-state index >= 15 is 0 Å². The Bertz CT molecular complexity index is 1740. The Morgan fingerprint density at radius 3 is 2.28 bits per heavy atom. The molecule has 2 aromatic heterocycles. The van der Waals surface area contributed by atoms with Crippen molar-refractivity contribution >= 4 is 43.1 Å². The van der Waals surface area contributed by atoms with Gasteiger partial charge in [0.25, 0.3) is 0 Å². The molecule has 1 aliphatic heterocycles.